The molecule has 2 atom stereocenters. The van der Waals surface area contributed by atoms with Crippen LogP contribution in [0.15, 0.2) is 0 Å². The number of carbonyl (C=O) groups excluding carboxylic acids is 1. The van der Waals surface area contributed by atoms with Crippen molar-refractivity contribution in [3.8, 4) is 0 Å². The highest BCUT2D eigenvalue weighted by atomic mass is 16.5. The maximum absolute atomic E-state index is 11.4. The summed E-state index contributed by atoms with van der Waals surface area (Å²) >= 11 is 0. The van der Waals surface area contributed by atoms with Gasteiger partial charge in [0.1, 0.15) is 6.04 Å². The molecule has 6 heteroatoms. The van der Waals surface area contributed by atoms with E-state index in [2.05, 4.69) is 10.6 Å². The lowest BCUT2D eigenvalue weighted by Gasteiger charge is -2.15. The van der Waals surface area contributed by atoms with Gasteiger partial charge in [0.25, 0.3) is 0 Å². The van der Waals surface area contributed by atoms with Gasteiger partial charge in [-0.2, -0.15) is 0 Å². The van der Waals surface area contributed by atoms with E-state index in [9.17, 15) is 9.59 Å². The van der Waals surface area contributed by atoms with E-state index in [0.717, 1.165) is 19.4 Å². The number of amides is 2. The second kappa shape index (κ2) is 7.11. The summed E-state index contributed by atoms with van der Waals surface area (Å²) in [5.74, 6) is -1.00. The fourth-order valence-electron chi connectivity index (χ4n) is 1.77. The van der Waals surface area contributed by atoms with Gasteiger partial charge in [-0.1, -0.05) is 13.3 Å². The number of hydrogen-bond donors (Lipinski definition) is 3. The standard InChI is InChI=1S/C11H20N2O4/c1-2-4-9(10(14)15)13-11(16)12-7-8-5-3-6-17-8/h8-9H,2-7H2,1H3,(H,14,15)(H2,12,13,16)/t8?,9-/m1/s1. The van der Waals surface area contributed by atoms with Crippen LogP contribution in [0.3, 0.4) is 0 Å². The van der Waals surface area contributed by atoms with E-state index in [-0.39, 0.29) is 6.10 Å². The highest BCUT2D eigenvalue weighted by Gasteiger charge is 2.20. The van der Waals surface area contributed by atoms with Crippen molar-refractivity contribution in [2.24, 2.45) is 0 Å². The molecule has 0 bridgehead atoms. The monoisotopic (exact) mass is 244 g/mol. The van der Waals surface area contributed by atoms with Crippen molar-refractivity contribution in [3.63, 3.8) is 0 Å². The van der Waals surface area contributed by atoms with Crippen LogP contribution >= 0.6 is 0 Å². The molecule has 2 amide bonds. The van der Waals surface area contributed by atoms with Crippen molar-refractivity contribution in [1.29, 1.82) is 0 Å². The van der Waals surface area contributed by atoms with Gasteiger partial charge in [0.15, 0.2) is 0 Å². The number of hydrogen-bond acceptors (Lipinski definition) is 3. The van der Waals surface area contributed by atoms with Gasteiger partial charge in [-0.25, -0.2) is 9.59 Å². The average Bonchev–Trinajstić information content (AvgIpc) is 2.78. The smallest absolute Gasteiger partial charge is 0.326 e. The van der Waals surface area contributed by atoms with Crippen LogP contribution < -0.4 is 10.6 Å². The van der Waals surface area contributed by atoms with E-state index in [4.69, 9.17) is 9.84 Å². The van der Waals surface area contributed by atoms with Crippen LogP contribution in [0.25, 0.3) is 0 Å². The number of rotatable bonds is 6. The van der Waals surface area contributed by atoms with Gasteiger partial charge in [-0.3, -0.25) is 0 Å². The molecule has 0 aromatic heterocycles. The summed E-state index contributed by atoms with van der Waals surface area (Å²) in [6.45, 7) is 3.05. The topological polar surface area (TPSA) is 87.7 Å². The van der Waals surface area contributed by atoms with Crippen molar-refractivity contribution in [1.82, 2.24) is 10.6 Å². The molecule has 3 N–H and O–H groups in total. The van der Waals surface area contributed by atoms with E-state index in [1.807, 2.05) is 6.92 Å². The molecule has 1 heterocycles. The molecule has 1 fully saturated rings. The largest absolute Gasteiger partial charge is 0.480 e. The van der Waals surface area contributed by atoms with Crippen molar-refractivity contribution in [2.75, 3.05) is 13.2 Å². The molecule has 1 aliphatic heterocycles. The van der Waals surface area contributed by atoms with E-state index < -0.39 is 18.0 Å². The lowest BCUT2D eigenvalue weighted by Crippen LogP contribution is -2.47. The maximum Gasteiger partial charge on any atom is 0.326 e. The minimum absolute atomic E-state index is 0.0650. The van der Waals surface area contributed by atoms with Gasteiger partial charge in [0.2, 0.25) is 0 Å². The summed E-state index contributed by atoms with van der Waals surface area (Å²) < 4.78 is 5.34. The third-order valence-corrected chi connectivity index (χ3v) is 2.70. The Morgan fingerprint density at radius 3 is 2.82 bits per heavy atom. The molecular weight excluding hydrogens is 224 g/mol. The van der Waals surface area contributed by atoms with Gasteiger partial charge in [-0.05, 0) is 19.3 Å². The Hall–Kier alpha value is -1.30. The molecular formula is C11H20N2O4. The molecule has 0 aromatic rings. The Labute approximate surface area is 101 Å². The molecule has 0 aromatic carbocycles. The van der Waals surface area contributed by atoms with Crippen molar-refractivity contribution in [2.45, 2.75) is 44.8 Å². The van der Waals surface area contributed by atoms with Crippen molar-refractivity contribution >= 4 is 12.0 Å². The first kappa shape index (κ1) is 13.8. The summed E-state index contributed by atoms with van der Waals surface area (Å²) in [6, 6.07) is -1.26. The molecule has 1 saturated heterocycles. The van der Waals surface area contributed by atoms with Crippen LogP contribution in [0, 0.1) is 0 Å². The number of ether oxygens (including phenoxy) is 1. The Balaban J connectivity index is 2.23. The van der Waals surface area contributed by atoms with Gasteiger partial charge in [0.05, 0.1) is 6.10 Å². The second-order valence-electron chi connectivity index (χ2n) is 4.17. The van der Waals surface area contributed by atoms with Gasteiger partial charge < -0.3 is 20.5 Å². The first-order valence-corrected chi connectivity index (χ1v) is 6.02. The lowest BCUT2D eigenvalue weighted by molar-refractivity contribution is -0.139. The zero-order valence-electron chi connectivity index (χ0n) is 10.1. The number of carbonyl (C=O) groups is 2. The summed E-state index contributed by atoms with van der Waals surface area (Å²) in [4.78, 5) is 22.3. The van der Waals surface area contributed by atoms with Gasteiger partial charge >= 0.3 is 12.0 Å². The van der Waals surface area contributed by atoms with Crippen LogP contribution in [0.5, 0.6) is 0 Å². The molecule has 98 valence electrons. The van der Waals surface area contributed by atoms with Crippen LogP contribution in [0.4, 0.5) is 4.79 Å². The molecule has 1 rings (SSSR count). The quantitative estimate of drug-likeness (QED) is 0.642. The predicted molar refractivity (Wildman–Crippen MR) is 61.8 cm³/mol. The number of urea groups is 1. The SMILES string of the molecule is CCC[C@@H](NC(=O)NCC1CCCO1)C(=O)O. The molecule has 0 spiro atoms. The Kier molecular flexibility index (Phi) is 5.76. The number of carboxylic acid groups (broad SMARTS) is 1. The molecule has 0 aliphatic carbocycles. The Morgan fingerprint density at radius 1 is 1.53 bits per heavy atom. The number of carboxylic acids is 1. The number of aliphatic carboxylic acids is 1. The summed E-state index contributed by atoms with van der Waals surface area (Å²) in [7, 11) is 0. The van der Waals surface area contributed by atoms with Crippen molar-refractivity contribution in [3.05, 3.63) is 0 Å². The van der Waals surface area contributed by atoms with E-state index in [1.54, 1.807) is 0 Å². The molecule has 1 aliphatic rings. The van der Waals surface area contributed by atoms with E-state index in [0.29, 0.717) is 19.4 Å². The third-order valence-electron chi connectivity index (χ3n) is 2.70. The van der Waals surface area contributed by atoms with Crippen LogP contribution in [-0.2, 0) is 9.53 Å². The zero-order chi connectivity index (χ0) is 12.7. The molecule has 0 radical (unpaired) electrons. The average molecular weight is 244 g/mol. The normalized spacial score (nSPS) is 20.9. The van der Waals surface area contributed by atoms with Gasteiger partial charge in [-0.15, -0.1) is 0 Å². The Morgan fingerprint density at radius 2 is 2.29 bits per heavy atom. The van der Waals surface area contributed by atoms with E-state index in [1.165, 1.54) is 0 Å². The summed E-state index contributed by atoms with van der Waals surface area (Å²) in [5, 5.41) is 13.9. The Bertz CT molecular complexity index is 264. The minimum atomic E-state index is -1.00. The molecule has 6 nitrogen and oxygen atoms in total. The highest BCUT2D eigenvalue weighted by Crippen LogP contribution is 2.10. The third kappa shape index (κ3) is 5.04. The molecule has 0 saturated carbocycles. The second-order valence-corrected chi connectivity index (χ2v) is 4.17. The fourth-order valence-corrected chi connectivity index (χ4v) is 1.77. The maximum atomic E-state index is 11.4. The summed E-state index contributed by atoms with van der Waals surface area (Å²) in [6.07, 6.45) is 3.17. The number of nitrogens with one attached hydrogen (secondary N) is 2. The lowest BCUT2D eigenvalue weighted by atomic mass is 10.2. The molecule has 1 unspecified atom stereocenters. The zero-order valence-corrected chi connectivity index (χ0v) is 10.1. The van der Waals surface area contributed by atoms with Crippen LogP contribution in [0.2, 0.25) is 0 Å². The van der Waals surface area contributed by atoms with Crippen LogP contribution in [-0.4, -0.2) is 42.4 Å². The van der Waals surface area contributed by atoms with Gasteiger partial charge in [0, 0.05) is 13.2 Å². The minimum Gasteiger partial charge on any atom is -0.480 e. The molecule has 17 heavy (non-hydrogen) atoms. The first-order valence-electron chi connectivity index (χ1n) is 6.02. The fraction of sp³-hybridized carbons (Fsp3) is 0.818. The van der Waals surface area contributed by atoms with Crippen molar-refractivity contribution < 1.29 is 19.4 Å². The first-order chi connectivity index (χ1) is 8.13. The highest BCUT2D eigenvalue weighted by molar-refractivity contribution is 5.82. The van der Waals surface area contributed by atoms with E-state index >= 15 is 0 Å². The predicted octanol–water partition coefficient (Wildman–Crippen LogP) is 0.718. The van der Waals surface area contributed by atoms with Crippen LogP contribution in [0.1, 0.15) is 32.6 Å². The summed E-state index contributed by atoms with van der Waals surface area (Å²) in [5.41, 5.74) is 0.